The molecule has 3 aliphatic heterocycles. The molecule has 43 heavy (non-hydrogen) atoms. The lowest BCUT2D eigenvalue weighted by molar-refractivity contribution is -0.151. The SMILES string of the molecule is Cn1c(SCC2=C(C(=O)O)N3C(=O)C(NC(=O)C(NC(=O)N4CCNC4=O)c4ccc(O)cc4)[C@H]3SC2)n[nH]c(=O)c1=O. The maximum absolute atomic E-state index is 13.4. The number of H-pyrrole nitrogens is 1. The van der Waals surface area contributed by atoms with Crippen molar-refractivity contribution in [2.45, 2.75) is 22.6 Å². The first-order chi connectivity index (χ1) is 20.5. The number of rotatable bonds is 8. The molecule has 0 aliphatic carbocycles. The molecular weight excluding hydrogens is 608 g/mol. The van der Waals surface area contributed by atoms with E-state index in [4.69, 9.17) is 0 Å². The van der Waals surface area contributed by atoms with Crippen LogP contribution in [0.15, 0.2) is 50.3 Å². The monoisotopic (exact) mass is 632 g/mol. The number of benzene rings is 1. The van der Waals surface area contributed by atoms with E-state index >= 15 is 0 Å². The number of carbonyl (C=O) groups excluding carboxylic acids is 4. The Balaban J connectivity index is 1.32. The summed E-state index contributed by atoms with van der Waals surface area (Å²) >= 11 is 2.22. The van der Waals surface area contributed by atoms with Crippen LogP contribution in [0.25, 0.3) is 0 Å². The quantitative estimate of drug-likeness (QED) is 0.111. The van der Waals surface area contributed by atoms with E-state index in [1.807, 2.05) is 0 Å². The molecule has 0 bridgehead atoms. The van der Waals surface area contributed by atoms with Crippen molar-refractivity contribution in [1.29, 1.82) is 0 Å². The zero-order valence-corrected chi connectivity index (χ0v) is 23.9. The predicted octanol–water partition coefficient (Wildman–Crippen LogP) is -1.52. The number of hydrogen-bond donors (Lipinski definition) is 6. The summed E-state index contributed by atoms with van der Waals surface area (Å²) in [6.07, 6.45) is 0. The molecule has 226 valence electrons. The number of nitrogens with zero attached hydrogens (tertiary/aromatic N) is 4. The molecule has 6 amide bonds. The van der Waals surface area contributed by atoms with Gasteiger partial charge in [0.2, 0.25) is 5.91 Å². The fourth-order valence-corrected chi connectivity index (χ4v) is 7.01. The second kappa shape index (κ2) is 11.8. The number of hydrogen-bond acceptors (Lipinski definition) is 11. The van der Waals surface area contributed by atoms with Crippen molar-refractivity contribution < 1.29 is 34.2 Å². The number of aromatic nitrogens is 3. The number of phenolic OH excluding ortho intramolecular Hbond substituents is 1. The summed E-state index contributed by atoms with van der Waals surface area (Å²) in [5, 5.41) is 32.4. The molecule has 5 rings (SSSR count). The van der Waals surface area contributed by atoms with Gasteiger partial charge in [0, 0.05) is 31.6 Å². The van der Waals surface area contributed by atoms with Crippen molar-refractivity contribution in [2.24, 2.45) is 7.05 Å². The van der Waals surface area contributed by atoms with E-state index in [0.29, 0.717) is 5.57 Å². The van der Waals surface area contributed by atoms with Gasteiger partial charge in [-0.05, 0) is 23.3 Å². The maximum Gasteiger partial charge on any atom is 0.352 e. The van der Waals surface area contributed by atoms with Gasteiger partial charge in [0.25, 0.3) is 5.91 Å². The lowest BCUT2D eigenvalue weighted by Gasteiger charge is -2.49. The predicted molar refractivity (Wildman–Crippen MR) is 150 cm³/mol. The van der Waals surface area contributed by atoms with Gasteiger partial charge in [0.1, 0.15) is 28.9 Å². The smallest absolute Gasteiger partial charge is 0.352 e. The lowest BCUT2D eigenvalue weighted by atomic mass is 10.0. The van der Waals surface area contributed by atoms with Crippen molar-refractivity contribution in [3.05, 3.63) is 61.8 Å². The maximum atomic E-state index is 13.4. The normalized spacial score (nSPS) is 20.2. The van der Waals surface area contributed by atoms with Crippen LogP contribution in [0.3, 0.4) is 0 Å². The number of imide groups is 1. The van der Waals surface area contributed by atoms with Crippen LogP contribution in [0, 0.1) is 0 Å². The van der Waals surface area contributed by atoms with Gasteiger partial charge in [-0.15, -0.1) is 16.9 Å². The van der Waals surface area contributed by atoms with Crippen LogP contribution in [0.2, 0.25) is 0 Å². The molecule has 1 aromatic carbocycles. The van der Waals surface area contributed by atoms with E-state index in [2.05, 4.69) is 26.1 Å². The number of thioether (sulfide) groups is 2. The average Bonchev–Trinajstić information content (AvgIpc) is 3.42. The van der Waals surface area contributed by atoms with Crippen molar-refractivity contribution >= 4 is 53.4 Å². The Hall–Kier alpha value is -4.78. The third-order valence-electron chi connectivity index (χ3n) is 6.82. The standard InChI is InChI=1S/C24H24N8O9S2/c1-30-19(37)17(35)28-29-24(30)43-9-11-8-42-20-14(18(36)32(20)15(11)21(38)39)26-16(34)13(10-2-4-12(33)5-3-10)27-23(41)31-7-6-25-22(31)40/h2-5,13-14,20,33H,6-9H2,1H3,(H,25,40)(H,26,34)(H,27,41)(H,28,35)(H,38,39)/t13?,14?,20-/m1/s1. The molecule has 17 nitrogen and oxygen atoms in total. The second-order valence-corrected chi connectivity index (χ2v) is 11.5. The molecule has 4 heterocycles. The summed E-state index contributed by atoms with van der Waals surface area (Å²) in [6, 6.07) is 1.47. The van der Waals surface area contributed by atoms with Gasteiger partial charge in [-0.2, -0.15) is 0 Å². The number of carbonyl (C=O) groups is 5. The zero-order valence-electron chi connectivity index (χ0n) is 22.2. The van der Waals surface area contributed by atoms with Crippen molar-refractivity contribution in [3.63, 3.8) is 0 Å². The first-order valence-corrected chi connectivity index (χ1v) is 14.6. The molecule has 6 N–H and O–H groups in total. The summed E-state index contributed by atoms with van der Waals surface area (Å²) in [4.78, 5) is 88.9. The molecule has 2 fully saturated rings. The molecule has 3 atom stereocenters. The Kier molecular flexibility index (Phi) is 8.18. The highest BCUT2D eigenvalue weighted by molar-refractivity contribution is 8.01. The van der Waals surface area contributed by atoms with Crippen LogP contribution in [0.1, 0.15) is 11.6 Å². The first-order valence-electron chi connectivity index (χ1n) is 12.6. The number of aromatic hydroxyl groups is 1. The third-order valence-corrected chi connectivity index (χ3v) is 9.28. The van der Waals surface area contributed by atoms with E-state index in [0.717, 1.165) is 26.1 Å². The number of aromatic amines is 1. The van der Waals surface area contributed by atoms with E-state index in [-0.39, 0.29) is 46.8 Å². The van der Waals surface area contributed by atoms with Gasteiger partial charge >= 0.3 is 29.2 Å². The largest absolute Gasteiger partial charge is 0.508 e. The summed E-state index contributed by atoms with van der Waals surface area (Å²) in [5.41, 5.74) is -1.36. The van der Waals surface area contributed by atoms with E-state index in [1.54, 1.807) is 0 Å². The van der Waals surface area contributed by atoms with Gasteiger partial charge in [0.05, 0.1) is 0 Å². The highest BCUT2D eigenvalue weighted by Crippen LogP contribution is 2.41. The highest BCUT2D eigenvalue weighted by Gasteiger charge is 2.54. The zero-order chi connectivity index (χ0) is 31.0. The third kappa shape index (κ3) is 5.67. The molecular formula is C24H24N8O9S2. The number of amides is 6. The number of β-lactam (4-membered cyclic amide) rings is 1. The van der Waals surface area contributed by atoms with Gasteiger partial charge in [-0.25, -0.2) is 24.4 Å². The molecule has 3 aliphatic rings. The van der Waals surface area contributed by atoms with Gasteiger partial charge in [0.15, 0.2) is 5.16 Å². The molecule has 2 saturated heterocycles. The molecule has 1 aromatic heterocycles. The molecule has 0 saturated carbocycles. The van der Waals surface area contributed by atoms with Crippen LogP contribution >= 0.6 is 23.5 Å². The van der Waals surface area contributed by atoms with Crippen molar-refractivity contribution in [3.8, 4) is 5.75 Å². The minimum atomic E-state index is -1.36. The topological polar surface area (TPSA) is 236 Å². The summed E-state index contributed by atoms with van der Waals surface area (Å²) in [6.45, 7) is 0.329. The molecule has 19 heteroatoms. The number of urea groups is 2. The van der Waals surface area contributed by atoms with E-state index in [9.17, 15) is 43.8 Å². The molecule has 2 aromatic rings. The minimum absolute atomic E-state index is 0.0491. The van der Waals surface area contributed by atoms with Gasteiger partial charge in [-0.3, -0.25) is 28.6 Å². The number of fused-ring (bicyclic) bond motifs is 1. The first kappa shape index (κ1) is 29.7. The van der Waals surface area contributed by atoms with Crippen LogP contribution in [0.5, 0.6) is 5.75 Å². The molecule has 0 radical (unpaired) electrons. The lowest BCUT2D eigenvalue weighted by Crippen LogP contribution is -2.71. The fraction of sp³-hybridized carbons (Fsp3) is 0.333. The number of carboxylic acids is 1. The Morgan fingerprint density at radius 3 is 2.56 bits per heavy atom. The van der Waals surface area contributed by atoms with Gasteiger partial charge < -0.3 is 26.2 Å². The Bertz CT molecular complexity index is 1670. The van der Waals surface area contributed by atoms with Crippen molar-refractivity contribution in [2.75, 3.05) is 24.6 Å². The molecule has 0 spiro atoms. The molecule has 2 unspecified atom stereocenters. The second-order valence-electron chi connectivity index (χ2n) is 9.50. The van der Waals surface area contributed by atoms with Crippen LogP contribution < -0.4 is 27.1 Å². The Morgan fingerprint density at radius 1 is 1.19 bits per heavy atom. The van der Waals surface area contributed by atoms with E-state index < -0.39 is 58.4 Å². The number of carboxylic acid groups (broad SMARTS) is 1. The number of aliphatic carboxylic acids is 1. The fourth-order valence-electron chi connectivity index (χ4n) is 4.61. The summed E-state index contributed by atoms with van der Waals surface area (Å²) < 4.78 is 1.03. The van der Waals surface area contributed by atoms with Crippen LogP contribution in [-0.2, 0) is 21.4 Å². The van der Waals surface area contributed by atoms with E-state index in [1.165, 1.54) is 43.1 Å². The average molecular weight is 633 g/mol. The number of nitrogens with one attached hydrogen (secondary N) is 4. The van der Waals surface area contributed by atoms with Crippen LogP contribution in [-0.4, -0.2) is 101 Å². The summed E-state index contributed by atoms with van der Waals surface area (Å²) in [5.74, 6) is -2.69. The van der Waals surface area contributed by atoms with Gasteiger partial charge in [-0.1, -0.05) is 23.9 Å². The number of phenols is 1. The highest BCUT2D eigenvalue weighted by atomic mass is 32.2. The Labute approximate surface area is 249 Å². The Morgan fingerprint density at radius 2 is 1.91 bits per heavy atom. The summed E-state index contributed by atoms with van der Waals surface area (Å²) in [7, 11) is 1.35. The minimum Gasteiger partial charge on any atom is -0.508 e. The van der Waals surface area contributed by atoms with Crippen molar-refractivity contribution in [1.82, 2.24) is 40.5 Å². The van der Waals surface area contributed by atoms with Crippen LogP contribution in [0.4, 0.5) is 9.59 Å².